The maximum Gasteiger partial charge on any atom is 0.316 e. The van der Waals surface area contributed by atoms with Crippen LogP contribution in [-0.2, 0) is 25.7 Å². The number of rotatable bonds is 8. The van der Waals surface area contributed by atoms with E-state index < -0.39 is 17.6 Å². The fraction of sp³-hybridized carbons (Fsp3) is 0.686. The van der Waals surface area contributed by atoms with E-state index in [1.807, 2.05) is 37.3 Å². The molecular formula is C35H48N2O5S. The number of benzene rings is 1. The molecule has 4 unspecified atom stereocenters. The van der Waals surface area contributed by atoms with Gasteiger partial charge in [0.1, 0.15) is 11.9 Å². The number of aliphatic hydroxyl groups is 1. The van der Waals surface area contributed by atoms with Gasteiger partial charge in [-0.1, -0.05) is 45.9 Å². The predicted octanol–water partition coefficient (Wildman–Crippen LogP) is 5.05. The summed E-state index contributed by atoms with van der Waals surface area (Å²) in [6, 6.07) is 7.80. The quantitative estimate of drug-likeness (QED) is 0.216. The molecule has 234 valence electrons. The van der Waals surface area contributed by atoms with Crippen molar-refractivity contribution >= 4 is 29.4 Å². The average Bonchev–Trinajstić information content (AvgIpc) is 3.59. The number of hydrogen-bond acceptors (Lipinski definition) is 7. The van der Waals surface area contributed by atoms with Gasteiger partial charge in [0.05, 0.1) is 17.9 Å². The highest BCUT2D eigenvalue weighted by Gasteiger charge is 2.81. The third kappa shape index (κ3) is 4.73. The third-order valence-electron chi connectivity index (χ3n) is 12.7. The van der Waals surface area contributed by atoms with Crippen LogP contribution in [0.25, 0.3) is 0 Å². The number of esters is 1. The number of aliphatic hydroxyl groups excluding tert-OH is 1. The molecule has 4 aliphatic carbocycles. The summed E-state index contributed by atoms with van der Waals surface area (Å²) in [5.74, 6) is 0.640. The second kappa shape index (κ2) is 11.0. The Labute approximate surface area is 260 Å². The van der Waals surface area contributed by atoms with E-state index in [2.05, 4.69) is 38.0 Å². The zero-order chi connectivity index (χ0) is 30.8. The zero-order valence-corrected chi connectivity index (χ0v) is 26.9. The van der Waals surface area contributed by atoms with Crippen LogP contribution in [0, 0.1) is 39.4 Å². The highest BCUT2D eigenvalue weighted by atomic mass is 32.2. The van der Waals surface area contributed by atoms with Crippen molar-refractivity contribution in [3.8, 4) is 0 Å². The summed E-state index contributed by atoms with van der Waals surface area (Å²) in [6.07, 6.45) is 6.25. The summed E-state index contributed by atoms with van der Waals surface area (Å²) in [5.41, 5.74) is -0.459. The number of carbonyl (C=O) groups excluding carboxylic acids is 3. The van der Waals surface area contributed by atoms with E-state index in [1.165, 1.54) is 11.8 Å². The minimum atomic E-state index is -0.625. The van der Waals surface area contributed by atoms with Crippen LogP contribution in [0.4, 0.5) is 0 Å². The highest BCUT2D eigenvalue weighted by Crippen LogP contribution is 2.82. The van der Waals surface area contributed by atoms with Crippen LogP contribution in [0.2, 0.25) is 0 Å². The summed E-state index contributed by atoms with van der Waals surface area (Å²) in [7, 11) is 0. The van der Waals surface area contributed by atoms with Gasteiger partial charge in [-0.15, -0.1) is 18.3 Å². The molecule has 10 atom stereocenters. The molecule has 1 saturated heterocycles. The molecule has 0 aromatic heterocycles. The summed E-state index contributed by atoms with van der Waals surface area (Å²) < 4.78 is 6.45. The standard InChI is InChI=1S/C35H48N2O5S/c1-6-32(4)17-27(33(5)21(2)16-35-20-34(31(33)35,13-12-26(35)38)22(3)29(32)40)42-28(39)19-43-24-10-7-9-23(15-24)18-37-30(41)25-11-8-14-36-25/h6-7,9-10,15,21-22,25,27,29,31,36,40H,1,8,11-14,16-20H2,2-5H3,(H,37,41)/t21?,22-,25+,27+,29-,31?,32+,33-,34?,35?/m0/s1. The van der Waals surface area contributed by atoms with Gasteiger partial charge in [0.15, 0.2) is 0 Å². The maximum absolute atomic E-state index is 13.6. The van der Waals surface area contributed by atoms with Crippen molar-refractivity contribution in [1.29, 1.82) is 0 Å². The van der Waals surface area contributed by atoms with E-state index in [0.29, 0.717) is 25.2 Å². The molecule has 1 heterocycles. The van der Waals surface area contributed by atoms with Gasteiger partial charge < -0.3 is 20.5 Å². The Hall–Kier alpha value is -2.16. The van der Waals surface area contributed by atoms with Crippen molar-refractivity contribution in [3.05, 3.63) is 42.5 Å². The van der Waals surface area contributed by atoms with Crippen molar-refractivity contribution in [3.63, 3.8) is 0 Å². The molecule has 2 bridgehead atoms. The second-order valence-electron chi connectivity index (χ2n) is 14.8. The first-order valence-corrected chi connectivity index (χ1v) is 17.2. The lowest BCUT2D eigenvalue weighted by atomic mass is 9.32. The van der Waals surface area contributed by atoms with Gasteiger partial charge in [0.2, 0.25) is 5.91 Å². The SMILES string of the molecule is C=C[C@]1(C)C[C@@H](OC(=O)CSc2cccc(CNC(=O)[C@H]3CCCN3)c2)[C@]2(C)C(C)CC34CC(CCC3=O)(C42)[C@@H](C)[C@@H]1O. The molecule has 1 aromatic rings. The zero-order valence-electron chi connectivity index (χ0n) is 26.1. The molecule has 3 N–H and O–H groups in total. The number of ketones is 1. The molecule has 0 radical (unpaired) electrons. The molecule has 4 saturated carbocycles. The van der Waals surface area contributed by atoms with Gasteiger partial charge in [-0.2, -0.15) is 0 Å². The molecule has 1 aromatic carbocycles. The van der Waals surface area contributed by atoms with Crippen LogP contribution in [0.1, 0.15) is 78.2 Å². The fourth-order valence-electron chi connectivity index (χ4n) is 10.3. The second-order valence-corrected chi connectivity index (χ2v) is 15.9. The lowest BCUT2D eigenvalue weighted by molar-refractivity contribution is -0.257. The maximum atomic E-state index is 13.6. The summed E-state index contributed by atoms with van der Waals surface area (Å²) >= 11 is 1.43. The summed E-state index contributed by atoms with van der Waals surface area (Å²) in [6.45, 7) is 14.2. The molecule has 8 heteroatoms. The number of hydrogen-bond donors (Lipinski definition) is 3. The first-order chi connectivity index (χ1) is 20.4. The lowest BCUT2D eigenvalue weighted by Crippen LogP contribution is -2.71. The van der Waals surface area contributed by atoms with Crippen LogP contribution in [0.3, 0.4) is 0 Å². The first-order valence-electron chi connectivity index (χ1n) is 16.2. The minimum Gasteiger partial charge on any atom is -0.461 e. The number of nitrogens with one attached hydrogen (secondary N) is 2. The largest absolute Gasteiger partial charge is 0.461 e. The Kier molecular flexibility index (Phi) is 7.91. The topological polar surface area (TPSA) is 105 Å². The van der Waals surface area contributed by atoms with Crippen LogP contribution in [-0.4, -0.2) is 53.3 Å². The van der Waals surface area contributed by atoms with Crippen molar-refractivity contribution in [1.82, 2.24) is 10.6 Å². The van der Waals surface area contributed by atoms with E-state index in [9.17, 15) is 19.5 Å². The van der Waals surface area contributed by atoms with Crippen LogP contribution < -0.4 is 10.6 Å². The Bertz CT molecular complexity index is 1310. The van der Waals surface area contributed by atoms with E-state index in [0.717, 1.165) is 49.1 Å². The molecule has 6 rings (SSSR count). The summed E-state index contributed by atoms with van der Waals surface area (Å²) in [4.78, 5) is 40.4. The normalized spacial score (nSPS) is 43.1. The molecule has 1 amide bonds. The predicted molar refractivity (Wildman–Crippen MR) is 167 cm³/mol. The van der Waals surface area contributed by atoms with Crippen molar-refractivity contribution in [2.75, 3.05) is 12.3 Å². The first kappa shape index (κ1) is 30.8. The van der Waals surface area contributed by atoms with Crippen molar-refractivity contribution in [2.45, 2.75) is 102 Å². The monoisotopic (exact) mass is 608 g/mol. The van der Waals surface area contributed by atoms with Gasteiger partial charge in [-0.25, -0.2) is 0 Å². The van der Waals surface area contributed by atoms with Crippen molar-refractivity contribution < 1.29 is 24.2 Å². The van der Waals surface area contributed by atoms with Gasteiger partial charge >= 0.3 is 5.97 Å². The number of amides is 1. The molecule has 7 nitrogen and oxygen atoms in total. The minimum absolute atomic E-state index is 0.0277. The molecular weight excluding hydrogens is 560 g/mol. The van der Waals surface area contributed by atoms with Gasteiger partial charge in [-0.05, 0) is 85.9 Å². The number of thioether (sulfide) groups is 1. The Morgan fingerprint density at radius 3 is 2.77 bits per heavy atom. The number of carbonyl (C=O) groups is 3. The molecule has 43 heavy (non-hydrogen) atoms. The van der Waals surface area contributed by atoms with E-state index in [4.69, 9.17) is 4.74 Å². The van der Waals surface area contributed by atoms with E-state index >= 15 is 0 Å². The van der Waals surface area contributed by atoms with Gasteiger partial charge in [0.25, 0.3) is 0 Å². The Morgan fingerprint density at radius 1 is 1.26 bits per heavy atom. The van der Waals surface area contributed by atoms with Gasteiger partial charge in [0, 0.05) is 34.1 Å². The smallest absolute Gasteiger partial charge is 0.316 e. The third-order valence-corrected chi connectivity index (χ3v) is 13.7. The Balaban J connectivity index is 1.18. The molecule has 5 aliphatic rings. The lowest BCUT2D eigenvalue weighted by Gasteiger charge is -2.71. The Morgan fingerprint density at radius 2 is 2.05 bits per heavy atom. The highest BCUT2D eigenvalue weighted by molar-refractivity contribution is 8.00. The van der Waals surface area contributed by atoms with Crippen molar-refractivity contribution in [2.24, 2.45) is 39.4 Å². The van der Waals surface area contributed by atoms with Crippen LogP contribution >= 0.6 is 11.8 Å². The van der Waals surface area contributed by atoms with E-state index in [-0.39, 0.29) is 57.7 Å². The average molecular weight is 609 g/mol. The van der Waals surface area contributed by atoms with Gasteiger partial charge in [-0.3, -0.25) is 14.4 Å². The molecule has 5 fully saturated rings. The number of ether oxygens (including phenoxy) is 1. The molecule has 2 spiro atoms. The van der Waals surface area contributed by atoms with Crippen LogP contribution in [0.5, 0.6) is 0 Å². The fourth-order valence-corrected chi connectivity index (χ4v) is 11.1. The van der Waals surface area contributed by atoms with E-state index in [1.54, 1.807) is 0 Å². The number of Topliss-reactive ketones (excluding diaryl/α,β-unsaturated/α-hetero) is 1. The van der Waals surface area contributed by atoms with Crippen LogP contribution in [0.15, 0.2) is 41.8 Å². The summed E-state index contributed by atoms with van der Waals surface area (Å²) in [5, 5.41) is 18.0. The molecule has 1 aliphatic heterocycles.